The molecule has 7 nitrogen and oxygen atoms in total. The third-order valence-corrected chi connectivity index (χ3v) is 7.02. The molecule has 0 fully saturated rings. The van der Waals surface area contributed by atoms with Crippen molar-refractivity contribution in [3.05, 3.63) is 83.4 Å². The van der Waals surface area contributed by atoms with Gasteiger partial charge in [0.15, 0.2) is 0 Å². The van der Waals surface area contributed by atoms with Crippen molar-refractivity contribution in [1.29, 1.82) is 0 Å². The second-order valence-corrected chi connectivity index (χ2v) is 10.1. The molecular weight excluding hydrogens is 476 g/mol. The Morgan fingerprint density at radius 2 is 1.56 bits per heavy atom. The van der Waals surface area contributed by atoms with Crippen molar-refractivity contribution in [2.45, 2.75) is 24.8 Å². The van der Waals surface area contributed by atoms with E-state index in [0.29, 0.717) is 22.2 Å². The van der Waals surface area contributed by atoms with Crippen molar-refractivity contribution < 1.29 is 22.7 Å². The number of hydrogen-bond donors (Lipinski definition) is 1. The van der Waals surface area contributed by atoms with Crippen molar-refractivity contribution in [1.82, 2.24) is 5.32 Å². The van der Waals surface area contributed by atoms with E-state index < -0.39 is 22.5 Å². The molecular formula is C25H27ClN2O5S. The first kappa shape index (κ1) is 25.4. The third kappa shape index (κ3) is 6.65. The molecule has 3 aromatic rings. The van der Waals surface area contributed by atoms with Crippen LogP contribution in [0.5, 0.6) is 11.5 Å². The smallest absolute Gasteiger partial charge is 0.264 e. The summed E-state index contributed by atoms with van der Waals surface area (Å²) < 4.78 is 38.7. The molecule has 0 aliphatic carbocycles. The third-order valence-electron chi connectivity index (χ3n) is 4.98. The highest BCUT2D eigenvalue weighted by Gasteiger charge is 2.27. The van der Waals surface area contributed by atoms with E-state index in [1.54, 1.807) is 43.3 Å². The summed E-state index contributed by atoms with van der Waals surface area (Å²) in [7, 11) is -2.54. The van der Waals surface area contributed by atoms with Crippen LogP contribution in [0.25, 0.3) is 0 Å². The number of ether oxygens (including phenoxy) is 2. The fourth-order valence-corrected chi connectivity index (χ4v) is 4.69. The molecule has 1 N–H and O–H groups in total. The zero-order valence-corrected chi connectivity index (χ0v) is 20.8. The molecule has 180 valence electrons. The highest BCUT2D eigenvalue weighted by Crippen LogP contribution is 2.26. The summed E-state index contributed by atoms with van der Waals surface area (Å²) in [5.74, 6) is 0.751. The van der Waals surface area contributed by atoms with Crippen LogP contribution >= 0.6 is 11.6 Å². The van der Waals surface area contributed by atoms with Gasteiger partial charge in [-0.05, 0) is 74.5 Å². The monoisotopic (exact) mass is 502 g/mol. The Kier molecular flexibility index (Phi) is 8.41. The molecule has 0 aromatic heterocycles. The lowest BCUT2D eigenvalue weighted by atomic mass is 10.2. The fraction of sp³-hybridized carbons (Fsp3) is 0.240. The molecule has 0 spiro atoms. The van der Waals surface area contributed by atoms with Crippen LogP contribution in [0.4, 0.5) is 5.69 Å². The molecule has 0 heterocycles. The van der Waals surface area contributed by atoms with Crippen molar-refractivity contribution in [2.75, 3.05) is 24.6 Å². The molecule has 0 aliphatic rings. The summed E-state index contributed by atoms with van der Waals surface area (Å²) in [6.07, 6.45) is 0. The summed E-state index contributed by atoms with van der Waals surface area (Å²) in [6, 6.07) is 19.5. The minimum atomic E-state index is -4.04. The van der Waals surface area contributed by atoms with E-state index >= 15 is 0 Å². The molecule has 0 aliphatic heterocycles. The Balaban J connectivity index is 1.74. The number of nitrogens with zero attached hydrogens (tertiary/aromatic N) is 1. The summed E-state index contributed by atoms with van der Waals surface area (Å²) in [4.78, 5) is 12.9. The van der Waals surface area contributed by atoms with Crippen molar-refractivity contribution in [3.8, 4) is 11.5 Å². The minimum absolute atomic E-state index is 0.0341. The Bertz CT molecular complexity index is 1200. The van der Waals surface area contributed by atoms with Gasteiger partial charge in [0.1, 0.15) is 24.7 Å². The second-order valence-electron chi connectivity index (χ2n) is 7.76. The zero-order chi connectivity index (χ0) is 24.7. The van der Waals surface area contributed by atoms with Crippen LogP contribution in [0.1, 0.15) is 12.5 Å². The maximum absolute atomic E-state index is 13.4. The molecule has 0 saturated heterocycles. The Hall–Kier alpha value is -3.23. The number of benzene rings is 3. The number of amides is 1. The van der Waals surface area contributed by atoms with Crippen molar-refractivity contribution in [3.63, 3.8) is 0 Å². The van der Waals surface area contributed by atoms with Gasteiger partial charge < -0.3 is 14.8 Å². The maximum Gasteiger partial charge on any atom is 0.264 e. The normalized spacial score (nSPS) is 12.0. The molecule has 1 amide bonds. The van der Waals surface area contributed by atoms with Crippen LogP contribution in [0.15, 0.2) is 77.7 Å². The number of rotatable bonds is 10. The van der Waals surface area contributed by atoms with Gasteiger partial charge in [0.2, 0.25) is 5.91 Å². The van der Waals surface area contributed by atoms with E-state index in [1.807, 2.05) is 31.2 Å². The molecule has 9 heteroatoms. The number of hydrogen-bond acceptors (Lipinski definition) is 5. The van der Waals surface area contributed by atoms with E-state index in [2.05, 4.69) is 5.32 Å². The van der Waals surface area contributed by atoms with Gasteiger partial charge in [-0.25, -0.2) is 8.42 Å². The predicted octanol–water partition coefficient (Wildman–Crippen LogP) is 4.44. The van der Waals surface area contributed by atoms with E-state index in [4.69, 9.17) is 21.1 Å². The Morgan fingerprint density at radius 1 is 0.971 bits per heavy atom. The summed E-state index contributed by atoms with van der Waals surface area (Å²) in [5.41, 5.74) is 1.44. The molecule has 0 saturated carbocycles. The molecule has 0 bridgehead atoms. The number of methoxy groups -OCH3 is 1. The first-order valence-corrected chi connectivity index (χ1v) is 12.4. The first-order valence-electron chi connectivity index (χ1n) is 10.6. The first-order chi connectivity index (χ1) is 16.2. The standard InChI is InChI=1S/C25H27ClN2O5S/c1-18-4-10-23(11-5-18)33-17-19(2)27-25(29)16-28(21-8-6-20(26)7-9-21)34(30,31)24-14-12-22(32-3)13-15-24/h4-15,19H,16-17H2,1-3H3,(H,27,29). The lowest BCUT2D eigenvalue weighted by molar-refractivity contribution is -0.120. The lowest BCUT2D eigenvalue weighted by Crippen LogP contribution is -2.45. The zero-order valence-electron chi connectivity index (χ0n) is 19.2. The Morgan fingerprint density at radius 3 is 2.15 bits per heavy atom. The van der Waals surface area contributed by atoms with Crippen LogP contribution in [0, 0.1) is 6.92 Å². The summed E-state index contributed by atoms with van der Waals surface area (Å²) >= 11 is 5.97. The highest BCUT2D eigenvalue weighted by molar-refractivity contribution is 7.92. The topological polar surface area (TPSA) is 84.9 Å². The SMILES string of the molecule is COc1ccc(S(=O)(=O)N(CC(=O)NC(C)COc2ccc(C)cc2)c2ccc(Cl)cc2)cc1. The fourth-order valence-electron chi connectivity index (χ4n) is 3.15. The average Bonchev–Trinajstić information content (AvgIpc) is 2.83. The molecule has 0 radical (unpaired) electrons. The van der Waals surface area contributed by atoms with Crippen LogP contribution in [-0.4, -0.2) is 40.6 Å². The number of carbonyl (C=O) groups is 1. The molecule has 3 rings (SSSR count). The number of carbonyl (C=O) groups excluding carboxylic acids is 1. The number of nitrogens with one attached hydrogen (secondary N) is 1. The number of aryl methyl sites for hydroxylation is 1. The van der Waals surface area contributed by atoms with E-state index in [-0.39, 0.29) is 17.5 Å². The largest absolute Gasteiger partial charge is 0.497 e. The number of anilines is 1. The minimum Gasteiger partial charge on any atom is -0.497 e. The van der Waals surface area contributed by atoms with Crippen molar-refractivity contribution in [2.24, 2.45) is 0 Å². The average molecular weight is 503 g/mol. The highest BCUT2D eigenvalue weighted by atomic mass is 35.5. The van der Waals surface area contributed by atoms with Gasteiger partial charge in [0.05, 0.1) is 23.7 Å². The van der Waals surface area contributed by atoms with E-state index in [1.165, 1.54) is 19.2 Å². The summed E-state index contributed by atoms with van der Waals surface area (Å²) in [6.45, 7) is 3.60. The van der Waals surface area contributed by atoms with Gasteiger partial charge in [-0.3, -0.25) is 9.10 Å². The van der Waals surface area contributed by atoms with E-state index in [0.717, 1.165) is 9.87 Å². The van der Waals surface area contributed by atoms with Gasteiger partial charge in [-0.2, -0.15) is 0 Å². The van der Waals surface area contributed by atoms with Gasteiger partial charge in [0.25, 0.3) is 10.0 Å². The van der Waals surface area contributed by atoms with Crippen LogP contribution in [0.2, 0.25) is 5.02 Å². The van der Waals surface area contributed by atoms with Crippen LogP contribution in [-0.2, 0) is 14.8 Å². The number of sulfonamides is 1. The molecule has 1 unspecified atom stereocenters. The molecule has 34 heavy (non-hydrogen) atoms. The van der Waals surface area contributed by atoms with Crippen LogP contribution in [0.3, 0.4) is 0 Å². The van der Waals surface area contributed by atoms with Crippen molar-refractivity contribution >= 4 is 33.2 Å². The molecule has 3 aromatic carbocycles. The van der Waals surface area contributed by atoms with Gasteiger partial charge in [0, 0.05) is 5.02 Å². The van der Waals surface area contributed by atoms with Gasteiger partial charge in [-0.15, -0.1) is 0 Å². The summed E-state index contributed by atoms with van der Waals surface area (Å²) in [5, 5.41) is 3.25. The van der Waals surface area contributed by atoms with Gasteiger partial charge >= 0.3 is 0 Å². The number of halogens is 1. The quantitative estimate of drug-likeness (QED) is 0.443. The van der Waals surface area contributed by atoms with E-state index in [9.17, 15) is 13.2 Å². The maximum atomic E-state index is 13.4. The Labute approximate surface area is 205 Å². The lowest BCUT2D eigenvalue weighted by Gasteiger charge is -2.25. The van der Waals surface area contributed by atoms with Gasteiger partial charge in [-0.1, -0.05) is 29.3 Å². The predicted molar refractivity (Wildman–Crippen MR) is 133 cm³/mol. The second kappa shape index (κ2) is 11.3. The molecule has 1 atom stereocenters. The van der Waals surface area contributed by atoms with Crippen LogP contribution < -0.4 is 19.1 Å².